The maximum Gasteiger partial charge on any atom is 0.318 e. The Balaban J connectivity index is 1.64. The molecular formula is C14H18N4O5S. The molecule has 9 nitrogen and oxygen atoms in total. The zero-order valence-corrected chi connectivity index (χ0v) is 13.7. The van der Waals surface area contributed by atoms with Gasteiger partial charge in [-0.05, 0) is 34.4 Å². The van der Waals surface area contributed by atoms with E-state index in [-0.39, 0.29) is 31.2 Å². The Morgan fingerprint density at radius 2 is 2.17 bits per heavy atom. The quantitative estimate of drug-likeness (QED) is 0.769. The fourth-order valence-electron chi connectivity index (χ4n) is 2.80. The molecule has 0 radical (unpaired) electrons. The molecule has 24 heavy (non-hydrogen) atoms. The van der Waals surface area contributed by atoms with Gasteiger partial charge in [0.25, 0.3) is 0 Å². The van der Waals surface area contributed by atoms with Crippen LogP contribution in [0.15, 0.2) is 22.8 Å². The Morgan fingerprint density at radius 3 is 2.88 bits per heavy atom. The van der Waals surface area contributed by atoms with Crippen LogP contribution in [0.5, 0.6) is 0 Å². The zero-order chi connectivity index (χ0) is 17.2. The Morgan fingerprint density at radius 1 is 1.38 bits per heavy atom. The van der Waals surface area contributed by atoms with E-state index >= 15 is 0 Å². The van der Waals surface area contributed by atoms with Gasteiger partial charge in [0.05, 0.1) is 18.1 Å². The maximum atomic E-state index is 12.4. The van der Waals surface area contributed by atoms with Crippen LogP contribution in [-0.2, 0) is 16.4 Å². The number of hydrogen-bond donors (Lipinski definition) is 2. The largest absolute Gasteiger partial charge is 0.395 e. The van der Waals surface area contributed by atoms with E-state index in [0.717, 1.165) is 5.56 Å². The van der Waals surface area contributed by atoms with Crippen molar-refractivity contribution in [3.05, 3.63) is 23.8 Å². The van der Waals surface area contributed by atoms with Gasteiger partial charge in [0.2, 0.25) is 0 Å². The number of aliphatic hydroxyl groups excluding tert-OH is 1. The molecule has 0 aliphatic carbocycles. The second kappa shape index (κ2) is 6.73. The van der Waals surface area contributed by atoms with E-state index in [4.69, 9.17) is 5.11 Å². The number of nitrogens with one attached hydrogen (secondary N) is 1. The van der Waals surface area contributed by atoms with Gasteiger partial charge in [-0.15, -0.1) is 0 Å². The van der Waals surface area contributed by atoms with Gasteiger partial charge < -0.3 is 15.3 Å². The van der Waals surface area contributed by atoms with E-state index in [1.54, 1.807) is 18.2 Å². The van der Waals surface area contributed by atoms with Gasteiger partial charge in [-0.3, -0.25) is 0 Å². The Kier molecular flexibility index (Phi) is 4.67. The molecule has 1 aliphatic heterocycles. The third-order valence-corrected chi connectivity index (χ3v) is 5.76. The van der Waals surface area contributed by atoms with Crippen LogP contribution in [0.1, 0.15) is 12.0 Å². The molecule has 0 spiro atoms. The second-order valence-electron chi connectivity index (χ2n) is 5.72. The lowest BCUT2D eigenvalue weighted by atomic mass is 10.2. The normalized spacial score (nSPS) is 19.5. The van der Waals surface area contributed by atoms with E-state index in [9.17, 15) is 13.2 Å². The highest BCUT2D eigenvalue weighted by Crippen LogP contribution is 2.18. The van der Waals surface area contributed by atoms with Crippen molar-refractivity contribution in [1.29, 1.82) is 0 Å². The van der Waals surface area contributed by atoms with Gasteiger partial charge in [0.15, 0.2) is 9.84 Å². The monoisotopic (exact) mass is 354 g/mol. The van der Waals surface area contributed by atoms with Gasteiger partial charge in [0.1, 0.15) is 11.0 Å². The van der Waals surface area contributed by atoms with Crippen LogP contribution in [0.3, 0.4) is 0 Å². The number of urea groups is 1. The Labute approximate surface area is 138 Å². The first-order valence-electron chi connectivity index (χ1n) is 7.55. The summed E-state index contributed by atoms with van der Waals surface area (Å²) in [4.78, 5) is 13.8. The highest BCUT2D eigenvalue weighted by Gasteiger charge is 2.34. The summed E-state index contributed by atoms with van der Waals surface area (Å²) in [6, 6.07) is 4.49. The first-order valence-corrected chi connectivity index (χ1v) is 9.37. The van der Waals surface area contributed by atoms with Crippen LogP contribution >= 0.6 is 0 Å². The molecule has 2 aromatic rings. The molecule has 1 aliphatic rings. The van der Waals surface area contributed by atoms with E-state index in [2.05, 4.69) is 20.3 Å². The van der Waals surface area contributed by atoms with Crippen molar-refractivity contribution in [3.8, 4) is 0 Å². The molecule has 0 saturated carbocycles. The van der Waals surface area contributed by atoms with E-state index in [1.807, 2.05) is 0 Å². The third kappa shape index (κ3) is 3.65. The third-order valence-electron chi connectivity index (χ3n) is 4.01. The number of amides is 2. The van der Waals surface area contributed by atoms with Crippen molar-refractivity contribution in [2.45, 2.75) is 19.0 Å². The molecule has 1 aromatic carbocycles. The van der Waals surface area contributed by atoms with Gasteiger partial charge in [-0.25, -0.2) is 17.8 Å². The molecule has 130 valence electrons. The number of nitrogens with zero attached hydrogens (tertiary/aromatic N) is 3. The molecular weight excluding hydrogens is 336 g/mol. The van der Waals surface area contributed by atoms with Gasteiger partial charge in [-0.2, -0.15) is 0 Å². The van der Waals surface area contributed by atoms with E-state index < -0.39 is 21.9 Å². The summed E-state index contributed by atoms with van der Waals surface area (Å²) in [5.74, 6) is 0.0136. The number of carbonyl (C=O) groups excluding carboxylic acids is 1. The average molecular weight is 354 g/mol. The number of sulfone groups is 1. The van der Waals surface area contributed by atoms with Crippen LogP contribution in [0, 0.1) is 0 Å². The average Bonchev–Trinajstić information content (AvgIpc) is 3.15. The molecule has 2 amide bonds. The summed E-state index contributed by atoms with van der Waals surface area (Å²) in [6.07, 6.45) is 0.395. The van der Waals surface area contributed by atoms with Crippen molar-refractivity contribution in [2.75, 3.05) is 24.7 Å². The lowest BCUT2D eigenvalue weighted by Crippen LogP contribution is -2.47. The molecule has 2 N–H and O–H groups in total. The number of fused-ring (bicyclic) bond motifs is 1. The molecule has 1 aromatic heterocycles. The zero-order valence-electron chi connectivity index (χ0n) is 12.9. The minimum Gasteiger partial charge on any atom is -0.395 e. The topological polar surface area (TPSA) is 126 Å². The number of benzene rings is 1. The summed E-state index contributed by atoms with van der Waals surface area (Å²) in [6.45, 7) is 0.127. The molecule has 0 bridgehead atoms. The number of rotatable bonds is 5. The van der Waals surface area contributed by atoms with Crippen LogP contribution in [0.25, 0.3) is 11.0 Å². The minimum absolute atomic E-state index is 0.0585. The summed E-state index contributed by atoms with van der Waals surface area (Å²) in [5.41, 5.74) is 2.04. The first kappa shape index (κ1) is 16.7. The lowest BCUT2D eigenvalue weighted by molar-refractivity contribution is 0.157. The van der Waals surface area contributed by atoms with Crippen molar-refractivity contribution in [3.63, 3.8) is 0 Å². The second-order valence-corrected chi connectivity index (χ2v) is 7.95. The van der Waals surface area contributed by atoms with E-state index in [1.165, 1.54) is 4.90 Å². The van der Waals surface area contributed by atoms with Crippen LogP contribution < -0.4 is 5.32 Å². The van der Waals surface area contributed by atoms with Crippen LogP contribution in [-0.4, -0.2) is 65.5 Å². The first-order chi connectivity index (χ1) is 11.5. The van der Waals surface area contributed by atoms with Crippen molar-refractivity contribution >= 4 is 26.9 Å². The van der Waals surface area contributed by atoms with Gasteiger partial charge >= 0.3 is 6.03 Å². The molecule has 10 heteroatoms. The van der Waals surface area contributed by atoms with Crippen LogP contribution in [0.2, 0.25) is 0 Å². The maximum absolute atomic E-state index is 12.4. The Hall–Kier alpha value is -2.20. The summed E-state index contributed by atoms with van der Waals surface area (Å²) in [5, 5.41) is 19.4. The lowest BCUT2D eigenvalue weighted by Gasteiger charge is -2.27. The standard InChI is InChI=1S/C14H18N4O5S/c19-5-4-18(11-3-6-24(21,22)9-11)14(20)15-8-10-1-2-12-13(7-10)17-23-16-12/h1-2,7,11,19H,3-6,8-9H2,(H,15,20)/t11-/m1/s1. The molecule has 1 fully saturated rings. The van der Waals surface area contributed by atoms with E-state index in [0.29, 0.717) is 17.5 Å². The highest BCUT2D eigenvalue weighted by molar-refractivity contribution is 7.91. The minimum atomic E-state index is -3.11. The molecule has 2 heterocycles. The predicted octanol–water partition coefficient (Wildman–Crippen LogP) is -0.0862. The Bertz CT molecular complexity index is 835. The van der Waals surface area contributed by atoms with Gasteiger partial charge in [0, 0.05) is 19.1 Å². The number of aliphatic hydroxyl groups is 1. The summed E-state index contributed by atoms with van der Waals surface area (Å²) in [7, 11) is -3.11. The molecule has 1 atom stereocenters. The van der Waals surface area contributed by atoms with Crippen LogP contribution in [0.4, 0.5) is 4.79 Å². The number of hydrogen-bond acceptors (Lipinski definition) is 7. The molecule has 1 saturated heterocycles. The van der Waals surface area contributed by atoms with Crippen molar-refractivity contribution in [1.82, 2.24) is 20.5 Å². The molecule has 0 unspecified atom stereocenters. The SMILES string of the molecule is O=C(NCc1ccc2nonc2c1)N(CCO)[C@@H]1CCS(=O)(=O)C1. The number of aromatic nitrogens is 2. The number of carbonyl (C=O) groups is 1. The van der Waals surface area contributed by atoms with Gasteiger partial charge in [-0.1, -0.05) is 6.07 Å². The van der Waals surface area contributed by atoms with Crippen molar-refractivity contribution in [2.24, 2.45) is 0 Å². The van der Waals surface area contributed by atoms with Crippen molar-refractivity contribution < 1.29 is 22.9 Å². The fraction of sp³-hybridized carbons (Fsp3) is 0.500. The summed E-state index contributed by atoms with van der Waals surface area (Å²) < 4.78 is 27.8. The summed E-state index contributed by atoms with van der Waals surface area (Å²) >= 11 is 0. The highest BCUT2D eigenvalue weighted by atomic mass is 32.2. The molecule has 3 rings (SSSR count). The predicted molar refractivity (Wildman–Crippen MR) is 84.9 cm³/mol. The fourth-order valence-corrected chi connectivity index (χ4v) is 4.53. The smallest absolute Gasteiger partial charge is 0.318 e.